The van der Waals surface area contributed by atoms with Crippen molar-refractivity contribution in [3.63, 3.8) is 0 Å². The molecule has 2 aliphatic rings. The van der Waals surface area contributed by atoms with E-state index in [-0.39, 0.29) is 5.69 Å². The number of nitrogens with zero attached hydrogens (tertiary/aromatic N) is 1. The van der Waals surface area contributed by atoms with Gasteiger partial charge in [-0.1, -0.05) is 23.8 Å². The van der Waals surface area contributed by atoms with Gasteiger partial charge < -0.3 is 5.32 Å². The molecule has 3 rings (SSSR count). The third-order valence-corrected chi connectivity index (χ3v) is 4.83. The van der Waals surface area contributed by atoms with Crippen molar-refractivity contribution in [2.24, 2.45) is 17.8 Å². The Labute approximate surface area is 123 Å². The van der Waals surface area contributed by atoms with E-state index in [1.807, 2.05) is 0 Å². The van der Waals surface area contributed by atoms with Gasteiger partial charge in [0.1, 0.15) is 0 Å². The van der Waals surface area contributed by atoms with Crippen molar-refractivity contribution in [1.82, 2.24) is 0 Å². The second-order valence-corrected chi connectivity index (χ2v) is 6.21. The number of non-ortho nitro benzene ring substituents is 1. The number of nitro groups is 1. The van der Waals surface area contributed by atoms with Gasteiger partial charge in [0.15, 0.2) is 0 Å². The zero-order valence-electron chi connectivity index (χ0n) is 11.3. The molecule has 0 radical (unpaired) electrons. The molecule has 1 fully saturated rings. The average molecular weight is 293 g/mol. The average Bonchev–Trinajstić information content (AvgIpc) is 3.03. The molecule has 0 aliphatic heterocycles. The van der Waals surface area contributed by atoms with Crippen LogP contribution in [0.1, 0.15) is 19.8 Å². The molecule has 1 aromatic carbocycles. The van der Waals surface area contributed by atoms with Crippen molar-refractivity contribution < 1.29 is 4.92 Å². The number of hydrogen-bond acceptors (Lipinski definition) is 3. The molecule has 0 saturated heterocycles. The van der Waals surface area contributed by atoms with Crippen LogP contribution in [0.25, 0.3) is 0 Å². The van der Waals surface area contributed by atoms with Gasteiger partial charge >= 0.3 is 0 Å². The molecule has 4 nitrogen and oxygen atoms in total. The van der Waals surface area contributed by atoms with Crippen LogP contribution in [0, 0.1) is 27.9 Å². The monoisotopic (exact) mass is 292 g/mol. The highest BCUT2D eigenvalue weighted by molar-refractivity contribution is 6.33. The topological polar surface area (TPSA) is 55.2 Å². The lowest BCUT2D eigenvalue weighted by atomic mass is 9.87. The number of nitro benzene ring substituents is 1. The summed E-state index contributed by atoms with van der Waals surface area (Å²) in [6.45, 7) is 2.16. The number of halogens is 1. The third-order valence-electron chi connectivity index (χ3n) is 4.52. The van der Waals surface area contributed by atoms with Crippen LogP contribution in [-0.2, 0) is 0 Å². The van der Waals surface area contributed by atoms with Gasteiger partial charge in [0.2, 0.25) is 0 Å². The van der Waals surface area contributed by atoms with Crippen LogP contribution in [-0.4, -0.2) is 11.0 Å². The van der Waals surface area contributed by atoms with Gasteiger partial charge in [-0.15, -0.1) is 0 Å². The molecule has 2 aliphatic carbocycles. The first-order valence-electron chi connectivity index (χ1n) is 6.93. The largest absolute Gasteiger partial charge is 0.381 e. The molecule has 1 saturated carbocycles. The summed E-state index contributed by atoms with van der Waals surface area (Å²) >= 11 is 6.12. The van der Waals surface area contributed by atoms with Crippen molar-refractivity contribution in [3.8, 4) is 0 Å². The molecule has 0 amide bonds. The number of nitrogens with one attached hydrogen (secondary N) is 1. The van der Waals surface area contributed by atoms with Crippen molar-refractivity contribution in [1.29, 1.82) is 0 Å². The lowest BCUT2D eigenvalue weighted by molar-refractivity contribution is -0.384. The highest BCUT2D eigenvalue weighted by Crippen LogP contribution is 2.45. The van der Waals surface area contributed by atoms with E-state index in [1.165, 1.54) is 25.0 Å². The van der Waals surface area contributed by atoms with E-state index in [1.54, 1.807) is 6.07 Å². The molecule has 4 unspecified atom stereocenters. The zero-order valence-corrected chi connectivity index (χ0v) is 12.0. The number of hydrogen-bond donors (Lipinski definition) is 1. The van der Waals surface area contributed by atoms with Crippen LogP contribution >= 0.6 is 11.6 Å². The molecule has 0 heterocycles. The first-order valence-corrected chi connectivity index (χ1v) is 7.31. The van der Waals surface area contributed by atoms with Crippen LogP contribution in [0.2, 0.25) is 5.02 Å². The fraction of sp³-hybridized carbons (Fsp3) is 0.467. The van der Waals surface area contributed by atoms with Gasteiger partial charge in [-0.05, 0) is 43.6 Å². The Bertz CT molecular complexity index is 573. The van der Waals surface area contributed by atoms with E-state index in [0.29, 0.717) is 22.9 Å². The molecule has 1 aromatic rings. The Morgan fingerprint density at radius 1 is 1.40 bits per heavy atom. The summed E-state index contributed by atoms with van der Waals surface area (Å²) < 4.78 is 0. The number of anilines is 1. The van der Waals surface area contributed by atoms with Crippen molar-refractivity contribution in [3.05, 3.63) is 45.5 Å². The van der Waals surface area contributed by atoms with E-state index in [4.69, 9.17) is 11.6 Å². The van der Waals surface area contributed by atoms with Crippen LogP contribution < -0.4 is 5.32 Å². The minimum absolute atomic E-state index is 0.0241. The van der Waals surface area contributed by atoms with E-state index in [0.717, 1.165) is 11.6 Å². The predicted molar refractivity (Wildman–Crippen MR) is 80.0 cm³/mol. The molecule has 4 atom stereocenters. The van der Waals surface area contributed by atoms with E-state index in [9.17, 15) is 10.1 Å². The maximum absolute atomic E-state index is 10.7. The smallest absolute Gasteiger partial charge is 0.271 e. The van der Waals surface area contributed by atoms with Crippen LogP contribution in [0.5, 0.6) is 0 Å². The summed E-state index contributed by atoms with van der Waals surface area (Å²) in [4.78, 5) is 10.3. The first-order chi connectivity index (χ1) is 9.54. The van der Waals surface area contributed by atoms with Gasteiger partial charge in [-0.3, -0.25) is 10.1 Å². The van der Waals surface area contributed by atoms with Crippen molar-refractivity contribution in [2.45, 2.75) is 25.8 Å². The van der Waals surface area contributed by atoms with Gasteiger partial charge in [-0.2, -0.15) is 0 Å². The minimum atomic E-state index is -0.431. The predicted octanol–water partition coefficient (Wildman–Crippen LogP) is 4.26. The second-order valence-electron chi connectivity index (χ2n) is 5.80. The van der Waals surface area contributed by atoms with Gasteiger partial charge in [0.25, 0.3) is 5.69 Å². The molecule has 5 heteroatoms. The number of rotatable bonds is 4. The number of benzene rings is 1. The fourth-order valence-corrected chi connectivity index (χ4v) is 3.71. The molecule has 0 spiro atoms. The summed E-state index contributed by atoms with van der Waals surface area (Å²) in [5, 5.41) is 14.5. The quantitative estimate of drug-likeness (QED) is 0.512. The summed E-state index contributed by atoms with van der Waals surface area (Å²) in [7, 11) is 0. The Balaban J connectivity index is 1.71. The standard InChI is InChI=1S/C15H17ClN2O2/c1-9(13-7-10-2-3-11(13)6-10)17-15-5-4-12(18(19)20)8-14(15)16/h2-5,8-11,13,17H,6-7H2,1H3. The summed E-state index contributed by atoms with van der Waals surface area (Å²) in [5.41, 5.74) is 0.799. The fourth-order valence-electron chi connectivity index (χ4n) is 3.49. The SMILES string of the molecule is CC(Nc1ccc([N+](=O)[O-])cc1Cl)C1CC2C=CC1C2. The Kier molecular flexibility index (Phi) is 3.42. The molecule has 1 N–H and O–H groups in total. The Hall–Kier alpha value is -1.55. The molecular formula is C15H17ClN2O2. The van der Waals surface area contributed by atoms with Crippen molar-refractivity contribution >= 4 is 23.0 Å². The van der Waals surface area contributed by atoms with E-state index in [2.05, 4.69) is 24.4 Å². The molecule has 20 heavy (non-hydrogen) atoms. The Morgan fingerprint density at radius 2 is 2.20 bits per heavy atom. The highest BCUT2D eigenvalue weighted by Gasteiger charge is 2.38. The number of fused-ring (bicyclic) bond motifs is 2. The second kappa shape index (κ2) is 5.09. The first kappa shape index (κ1) is 13.4. The maximum Gasteiger partial charge on any atom is 0.271 e. The number of allylic oxidation sites excluding steroid dienone is 2. The van der Waals surface area contributed by atoms with Crippen molar-refractivity contribution in [2.75, 3.05) is 5.32 Å². The van der Waals surface area contributed by atoms with E-state index >= 15 is 0 Å². The highest BCUT2D eigenvalue weighted by atomic mass is 35.5. The normalized spacial score (nSPS) is 28.6. The minimum Gasteiger partial charge on any atom is -0.381 e. The van der Waals surface area contributed by atoms with Gasteiger partial charge in [-0.25, -0.2) is 0 Å². The molecule has 2 bridgehead atoms. The molecule has 106 valence electrons. The maximum atomic E-state index is 10.7. The van der Waals surface area contributed by atoms with Gasteiger partial charge in [0.05, 0.1) is 15.6 Å². The Morgan fingerprint density at radius 3 is 2.75 bits per heavy atom. The van der Waals surface area contributed by atoms with Crippen LogP contribution in [0.15, 0.2) is 30.4 Å². The van der Waals surface area contributed by atoms with Crippen LogP contribution in [0.3, 0.4) is 0 Å². The van der Waals surface area contributed by atoms with Gasteiger partial charge in [0, 0.05) is 18.2 Å². The van der Waals surface area contributed by atoms with Crippen LogP contribution in [0.4, 0.5) is 11.4 Å². The molecular weight excluding hydrogens is 276 g/mol. The van der Waals surface area contributed by atoms with E-state index < -0.39 is 4.92 Å². The summed E-state index contributed by atoms with van der Waals surface area (Å²) in [6.07, 6.45) is 7.14. The third kappa shape index (κ3) is 2.40. The molecule has 0 aromatic heterocycles. The zero-order chi connectivity index (χ0) is 14.3. The summed E-state index contributed by atoms with van der Waals surface area (Å²) in [5.74, 6) is 2.03. The lowest BCUT2D eigenvalue weighted by Gasteiger charge is -2.27. The summed E-state index contributed by atoms with van der Waals surface area (Å²) in [6, 6.07) is 4.90. The lowest BCUT2D eigenvalue weighted by Crippen LogP contribution is -2.28.